The van der Waals surface area contributed by atoms with Gasteiger partial charge in [0.15, 0.2) is 0 Å². The van der Waals surface area contributed by atoms with Crippen molar-refractivity contribution in [2.45, 2.75) is 45.6 Å². The molecular weight excluding hydrogens is 213 g/mol. The molecule has 1 aromatic carbocycles. The van der Waals surface area contributed by atoms with Crippen LogP contribution in [-0.4, -0.2) is 12.6 Å². The minimum Gasteiger partial charge on any atom is -0.313 e. The Balaban J connectivity index is 1.81. The van der Waals surface area contributed by atoms with Crippen LogP contribution in [0.4, 0.5) is 4.39 Å². The van der Waals surface area contributed by atoms with Gasteiger partial charge in [0.25, 0.3) is 0 Å². The Morgan fingerprint density at radius 3 is 2.47 bits per heavy atom. The van der Waals surface area contributed by atoms with E-state index in [1.165, 1.54) is 0 Å². The number of rotatable bonds is 3. The van der Waals surface area contributed by atoms with Crippen molar-refractivity contribution in [2.24, 2.45) is 5.41 Å². The van der Waals surface area contributed by atoms with E-state index in [9.17, 15) is 4.39 Å². The van der Waals surface area contributed by atoms with Crippen LogP contribution in [0.5, 0.6) is 0 Å². The van der Waals surface area contributed by atoms with Gasteiger partial charge in [0.05, 0.1) is 0 Å². The van der Waals surface area contributed by atoms with Crippen LogP contribution in [0.15, 0.2) is 24.3 Å². The highest BCUT2D eigenvalue weighted by molar-refractivity contribution is 5.24. The lowest BCUT2D eigenvalue weighted by Crippen LogP contribution is -2.43. The van der Waals surface area contributed by atoms with Gasteiger partial charge in [-0.05, 0) is 35.8 Å². The third-order valence-corrected chi connectivity index (χ3v) is 3.40. The van der Waals surface area contributed by atoms with Crippen LogP contribution in [0, 0.1) is 11.2 Å². The molecule has 0 unspecified atom stereocenters. The van der Waals surface area contributed by atoms with E-state index in [2.05, 4.69) is 26.1 Å². The second kappa shape index (κ2) is 4.77. The quantitative estimate of drug-likeness (QED) is 0.842. The van der Waals surface area contributed by atoms with Gasteiger partial charge in [0.2, 0.25) is 0 Å². The Hall–Kier alpha value is -0.890. The van der Waals surface area contributed by atoms with Crippen LogP contribution in [0.1, 0.15) is 45.1 Å². The number of nitrogens with one attached hydrogen (secondary N) is 1. The fourth-order valence-corrected chi connectivity index (χ4v) is 2.30. The summed E-state index contributed by atoms with van der Waals surface area (Å²) in [5.74, 6) is 0.362. The summed E-state index contributed by atoms with van der Waals surface area (Å²) >= 11 is 0. The van der Waals surface area contributed by atoms with Gasteiger partial charge in [-0.15, -0.1) is 0 Å². The van der Waals surface area contributed by atoms with E-state index < -0.39 is 0 Å². The highest BCUT2D eigenvalue weighted by Gasteiger charge is 2.32. The number of hydrogen-bond acceptors (Lipinski definition) is 1. The third kappa shape index (κ3) is 3.29. The van der Waals surface area contributed by atoms with E-state index >= 15 is 0 Å². The predicted octanol–water partition coefficient (Wildman–Crippen LogP) is 3.71. The lowest BCUT2D eigenvalue weighted by molar-refractivity contribution is 0.251. The van der Waals surface area contributed by atoms with Crippen molar-refractivity contribution in [1.29, 1.82) is 0 Å². The molecule has 0 spiro atoms. The minimum atomic E-state index is -0.0493. The summed E-state index contributed by atoms with van der Waals surface area (Å²) in [5, 5.41) is 3.56. The lowest BCUT2D eigenvalue weighted by atomic mass is 9.75. The highest BCUT2D eigenvalue weighted by Crippen LogP contribution is 2.38. The van der Waals surface area contributed by atoms with Crippen LogP contribution in [0.25, 0.3) is 0 Å². The third-order valence-electron chi connectivity index (χ3n) is 3.40. The molecule has 17 heavy (non-hydrogen) atoms. The molecule has 1 saturated carbocycles. The standard InChI is InChI=1S/C15H22FN/c1-15(2,3)10-17-12-8-11(9-12)13-6-4-5-7-14(13)16/h4-7,11-12,17H,8-10H2,1-3H3. The summed E-state index contributed by atoms with van der Waals surface area (Å²) in [6.07, 6.45) is 2.13. The minimum absolute atomic E-state index is 0.0493. The van der Waals surface area contributed by atoms with Gasteiger partial charge < -0.3 is 5.32 Å². The van der Waals surface area contributed by atoms with Gasteiger partial charge in [0, 0.05) is 12.6 Å². The normalized spacial score (nSPS) is 24.5. The molecule has 0 aliphatic heterocycles. The molecule has 0 radical (unpaired) electrons. The molecular formula is C15H22FN. The molecule has 0 saturated heterocycles. The molecule has 0 amide bonds. The summed E-state index contributed by atoms with van der Waals surface area (Å²) in [4.78, 5) is 0. The number of hydrogen-bond donors (Lipinski definition) is 1. The largest absolute Gasteiger partial charge is 0.313 e. The second-order valence-electron chi connectivity index (χ2n) is 6.33. The average Bonchev–Trinajstić information content (AvgIpc) is 2.16. The molecule has 1 aliphatic rings. The van der Waals surface area contributed by atoms with Crippen molar-refractivity contribution in [3.63, 3.8) is 0 Å². The summed E-state index contributed by atoms with van der Waals surface area (Å²) in [6.45, 7) is 7.72. The Kier molecular flexibility index (Phi) is 3.53. The summed E-state index contributed by atoms with van der Waals surface area (Å²) in [5.41, 5.74) is 1.21. The van der Waals surface area contributed by atoms with E-state index in [-0.39, 0.29) is 5.82 Å². The van der Waals surface area contributed by atoms with Crippen molar-refractivity contribution in [3.8, 4) is 0 Å². The van der Waals surface area contributed by atoms with E-state index in [1.807, 2.05) is 12.1 Å². The molecule has 2 heteroatoms. The molecule has 94 valence electrons. The van der Waals surface area contributed by atoms with Gasteiger partial charge in [0.1, 0.15) is 5.82 Å². The molecule has 0 atom stereocenters. The first-order valence-corrected chi connectivity index (χ1v) is 6.43. The SMILES string of the molecule is CC(C)(C)CNC1CC(c2ccccc2F)C1. The van der Waals surface area contributed by atoms with E-state index in [0.717, 1.165) is 24.9 Å². The first kappa shape index (κ1) is 12.6. The molecule has 1 N–H and O–H groups in total. The topological polar surface area (TPSA) is 12.0 Å². The molecule has 0 bridgehead atoms. The van der Waals surface area contributed by atoms with Crippen LogP contribution >= 0.6 is 0 Å². The van der Waals surface area contributed by atoms with E-state index in [4.69, 9.17) is 0 Å². The van der Waals surface area contributed by atoms with Crippen LogP contribution < -0.4 is 5.32 Å². The number of halogens is 1. The van der Waals surface area contributed by atoms with Crippen molar-refractivity contribution in [1.82, 2.24) is 5.32 Å². The molecule has 1 aliphatic carbocycles. The Morgan fingerprint density at radius 1 is 1.24 bits per heavy atom. The van der Waals surface area contributed by atoms with Gasteiger partial charge in [-0.2, -0.15) is 0 Å². The molecule has 2 rings (SSSR count). The monoisotopic (exact) mass is 235 g/mol. The second-order valence-corrected chi connectivity index (χ2v) is 6.33. The van der Waals surface area contributed by atoms with E-state index in [0.29, 0.717) is 17.4 Å². The molecule has 1 aromatic rings. The van der Waals surface area contributed by atoms with Gasteiger partial charge in [-0.3, -0.25) is 0 Å². The maximum Gasteiger partial charge on any atom is 0.126 e. The average molecular weight is 235 g/mol. The zero-order valence-electron chi connectivity index (χ0n) is 11.0. The Bertz CT molecular complexity index is 375. The predicted molar refractivity (Wildman–Crippen MR) is 69.6 cm³/mol. The van der Waals surface area contributed by atoms with Crippen LogP contribution in [-0.2, 0) is 0 Å². The molecule has 1 fully saturated rings. The van der Waals surface area contributed by atoms with Gasteiger partial charge in [-0.25, -0.2) is 4.39 Å². The lowest BCUT2D eigenvalue weighted by Gasteiger charge is -2.38. The van der Waals surface area contributed by atoms with Gasteiger partial charge >= 0.3 is 0 Å². The first-order valence-electron chi connectivity index (χ1n) is 6.43. The summed E-state index contributed by atoms with van der Waals surface area (Å²) in [6, 6.07) is 7.73. The summed E-state index contributed by atoms with van der Waals surface area (Å²) in [7, 11) is 0. The highest BCUT2D eigenvalue weighted by atomic mass is 19.1. The fourth-order valence-electron chi connectivity index (χ4n) is 2.30. The van der Waals surface area contributed by atoms with Crippen LogP contribution in [0.3, 0.4) is 0 Å². The summed E-state index contributed by atoms with van der Waals surface area (Å²) < 4.78 is 13.5. The van der Waals surface area contributed by atoms with E-state index in [1.54, 1.807) is 12.1 Å². The van der Waals surface area contributed by atoms with Crippen molar-refractivity contribution in [3.05, 3.63) is 35.6 Å². The van der Waals surface area contributed by atoms with Crippen molar-refractivity contribution in [2.75, 3.05) is 6.54 Å². The Labute approximate surface area is 103 Å². The first-order chi connectivity index (χ1) is 7.96. The van der Waals surface area contributed by atoms with Crippen LogP contribution in [0.2, 0.25) is 0 Å². The fraction of sp³-hybridized carbons (Fsp3) is 0.600. The zero-order valence-corrected chi connectivity index (χ0v) is 11.0. The van der Waals surface area contributed by atoms with Gasteiger partial charge in [-0.1, -0.05) is 39.0 Å². The number of benzene rings is 1. The Morgan fingerprint density at radius 2 is 1.88 bits per heavy atom. The molecule has 0 aromatic heterocycles. The maximum atomic E-state index is 13.5. The molecule has 0 heterocycles. The maximum absolute atomic E-state index is 13.5. The zero-order chi connectivity index (χ0) is 12.5. The van der Waals surface area contributed by atoms with Crippen molar-refractivity contribution >= 4 is 0 Å². The van der Waals surface area contributed by atoms with Crippen molar-refractivity contribution < 1.29 is 4.39 Å². The smallest absolute Gasteiger partial charge is 0.126 e. The molecule has 1 nitrogen and oxygen atoms in total.